The molecule has 0 saturated carbocycles. The van der Waals surface area contributed by atoms with E-state index in [1.807, 2.05) is 13.8 Å². The first-order chi connectivity index (χ1) is 7.06. The Kier molecular flexibility index (Phi) is 4.99. The topological polar surface area (TPSA) is 53.5 Å². The van der Waals surface area contributed by atoms with E-state index < -0.39 is 5.60 Å². The van der Waals surface area contributed by atoms with Crippen molar-refractivity contribution in [2.75, 3.05) is 26.3 Å². The maximum Gasteiger partial charge on any atom is 0.0785 e. The largest absolute Gasteiger partial charge is 0.389 e. The van der Waals surface area contributed by atoms with Gasteiger partial charge in [-0.25, -0.2) is 0 Å². The third kappa shape index (κ3) is 4.07. The summed E-state index contributed by atoms with van der Waals surface area (Å²) in [6.45, 7) is 9.21. The fourth-order valence-corrected chi connectivity index (χ4v) is 1.95. The van der Waals surface area contributed by atoms with Crippen LogP contribution in [0.15, 0.2) is 0 Å². The lowest BCUT2D eigenvalue weighted by Crippen LogP contribution is -2.53. The standard InChI is InChI=1S/C11H24N2O2/c1-4-12-9(2)11(3,14)7-10-8-15-6-5-13-10/h9-10,12-14H,4-8H2,1-3H3. The van der Waals surface area contributed by atoms with E-state index in [1.165, 1.54) is 0 Å². The molecular formula is C11H24N2O2. The molecule has 3 atom stereocenters. The maximum atomic E-state index is 10.3. The number of aliphatic hydroxyl groups is 1. The molecular weight excluding hydrogens is 192 g/mol. The smallest absolute Gasteiger partial charge is 0.0785 e. The third-order valence-corrected chi connectivity index (χ3v) is 3.10. The van der Waals surface area contributed by atoms with Crippen molar-refractivity contribution in [3.8, 4) is 0 Å². The summed E-state index contributed by atoms with van der Waals surface area (Å²) in [6, 6.07) is 0.376. The zero-order valence-corrected chi connectivity index (χ0v) is 10.0. The summed E-state index contributed by atoms with van der Waals surface area (Å²) >= 11 is 0. The molecule has 0 spiro atoms. The lowest BCUT2D eigenvalue weighted by atomic mass is 9.90. The Morgan fingerprint density at radius 1 is 1.67 bits per heavy atom. The van der Waals surface area contributed by atoms with Crippen LogP contribution in [0.4, 0.5) is 0 Å². The van der Waals surface area contributed by atoms with Crippen molar-refractivity contribution in [1.29, 1.82) is 0 Å². The molecule has 3 unspecified atom stereocenters. The van der Waals surface area contributed by atoms with Crippen LogP contribution in [-0.4, -0.2) is 49.1 Å². The van der Waals surface area contributed by atoms with Gasteiger partial charge in [0.05, 0.1) is 18.8 Å². The molecule has 0 bridgehead atoms. The summed E-state index contributed by atoms with van der Waals surface area (Å²) in [4.78, 5) is 0. The Hall–Kier alpha value is -0.160. The highest BCUT2D eigenvalue weighted by Crippen LogP contribution is 2.18. The van der Waals surface area contributed by atoms with Crippen molar-refractivity contribution in [1.82, 2.24) is 10.6 Å². The predicted octanol–water partition coefficient (Wildman–Crippen LogP) is 0.114. The van der Waals surface area contributed by atoms with E-state index in [2.05, 4.69) is 17.6 Å². The molecule has 15 heavy (non-hydrogen) atoms. The second-order valence-electron chi connectivity index (χ2n) is 4.57. The second-order valence-corrected chi connectivity index (χ2v) is 4.57. The van der Waals surface area contributed by atoms with Crippen LogP contribution in [0.2, 0.25) is 0 Å². The Morgan fingerprint density at radius 2 is 2.40 bits per heavy atom. The zero-order chi connectivity index (χ0) is 11.3. The number of nitrogens with one attached hydrogen (secondary N) is 2. The van der Waals surface area contributed by atoms with Gasteiger partial charge in [0.1, 0.15) is 0 Å². The average molecular weight is 216 g/mol. The minimum Gasteiger partial charge on any atom is -0.389 e. The van der Waals surface area contributed by atoms with Crippen molar-refractivity contribution in [3.05, 3.63) is 0 Å². The van der Waals surface area contributed by atoms with Gasteiger partial charge in [0.2, 0.25) is 0 Å². The highest BCUT2D eigenvalue weighted by atomic mass is 16.5. The lowest BCUT2D eigenvalue weighted by Gasteiger charge is -2.35. The van der Waals surface area contributed by atoms with Crippen molar-refractivity contribution in [2.24, 2.45) is 0 Å². The van der Waals surface area contributed by atoms with Gasteiger partial charge >= 0.3 is 0 Å². The van der Waals surface area contributed by atoms with Gasteiger partial charge in [-0.05, 0) is 26.8 Å². The third-order valence-electron chi connectivity index (χ3n) is 3.10. The maximum absolute atomic E-state index is 10.3. The summed E-state index contributed by atoms with van der Waals surface area (Å²) in [5, 5.41) is 16.9. The fourth-order valence-electron chi connectivity index (χ4n) is 1.95. The molecule has 0 aromatic heterocycles. The number of rotatable bonds is 5. The number of likely N-dealkylation sites (N-methyl/N-ethyl adjacent to an activating group) is 1. The predicted molar refractivity (Wildman–Crippen MR) is 61.0 cm³/mol. The van der Waals surface area contributed by atoms with Crippen molar-refractivity contribution >= 4 is 0 Å². The minimum atomic E-state index is -0.686. The van der Waals surface area contributed by atoms with E-state index in [0.29, 0.717) is 6.61 Å². The average Bonchev–Trinajstić information content (AvgIpc) is 2.19. The summed E-state index contributed by atoms with van der Waals surface area (Å²) in [5.74, 6) is 0. The van der Waals surface area contributed by atoms with Crippen LogP contribution in [0.5, 0.6) is 0 Å². The lowest BCUT2D eigenvalue weighted by molar-refractivity contribution is -0.0145. The Balaban J connectivity index is 2.39. The van der Waals surface area contributed by atoms with Crippen LogP contribution in [0.3, 0.4) is 0 Å². The molecule has 1 aliphatic heterocycles. The molecule has 4 nitrogen and oxygen atoms in total. The number of ether oxygens (including phenoxy) is 1. The quantitative estimate of drug-likeness (QED) is 0.611. The summed E-state index contributed by atoms with van der Waals surface area (Å²) in [6.07, 6.45) is 0.723. The molecule has 0 amide bonds. The van der Waals surface area contributed by atoms with E-state index in [4.69, 9.17) is 4.74 Å². The Bertz CT molecular complexity index is 179. The van der Waals surface area contributed by atoms with Crippen LogP contribution in [-0.2, 0) is 4.74 Å². The van der Waals surface area contributed by atoms with E-state index in [9.17, 15) is 5.11 Å². The molecule has 0 aliphatic carbocycles. The zero-order valence-electron chi connectivity index (χ0n) is 10.0. The molecule has 0 radical (unpaired) electrons. The van der Waals surface area contributed by atoms with Gasteiger partial charge in [0.25, 0.3) is 0 Å². The number of hydrogen-bond donors (Lipinski definition) is 3. The highest BCUT2D eigenvalue weighted by molar-refractivity contribution is 4.89. The van der Waals surface area contributed by atoms with Crippen molar-refractivity contribution in [2.45, 2.75) is 44.9 Å². The van der Waals surface area contributed by atoms with Gasteiger partial charge < -0.3 is 20.5 Å². The van der Waals surface area contributed by atoms with Gasteiger partial charge in [0, 0.05) is 18.6 Å². The monoisotopic (exact) mass is 216 g/mol. The molecule has 3 N–H and O–H groups in total. The van der Waals surface area contributed by atoms with Crippen LogP contribution in [0.1, 0.15) is 27.2 Å². The van der Waals surface area contributed by atoms with E-state index in [-0.39, 0.29) is 12.1 Å². The van der Waals surface area contributed by atoms with E-state index >= 15 is 0 Å². The molecule has 1 aliphatic rings. The number of hydrogen-bond acceptors (Lipinski definition) is 4. The Morgan fingerprint density at radius 3 is 2.93 bits per heavy atom. The number of morpholine rings is 1. The Labute approximate surface area is 92.4 Å². The molecule has 1 rings (SSSR count). The summed E-state index contributed by atoms with van der Waals surface area (Å²) in [5.41, 5.74) is -0.686. The SMILES string of the molecule is CCNC(C)C(C)(O)CC1COCCN1. The van der Waals surface area contributed by atoms with Crippen LogP contribution in [0.25, 0.3) is 0 Å². The molecule has 1 saturated heterocycles. The molecule has 4 heteroatoms. The fraction of sp³-hybridized carbons (Fsp3) is 1.00. The van der Waals surface area contributed by atoms with Crippen LogP contribution in [0, 0.1) is 0 Å². The van der Waals surface area contributed by atoms with Crippen molar-refractivity contribution < 1.29 is 9.84 Å². The highest BCUT2D eigenvalue weighted by Gasteiger charge is 2.31. The van der Waals surface area contributed by atoms with Gasteiger partial charge in [-0.15, -0.1) is 0 Å². The van der Waals surface area contributed by atoms with Gasteiger partial charge in [-0.3, -0.25) is 0 Å². The molecule has 1 heterocycles. The van der Waals surface area contributed by atoms with Crippen LogP contribution < -0.4 is 10.6 Å². The first kappa shape index (κ1) is 12.9. The minimum absolute atomic E-state index is 0.103. The second kappa shape index (κ2) is 5.80. The molecule has 0 aromatic rings. The van der Waals surface area contributed by atoms with Gasteiger partial charge in [0.15, 0.2) is 0 Å². The molecule has 90 valence electrons. The van der Waals surface area contributed by atoms with Crippen LogP contribution >= 0.6 is 0 Å². The summed E-state index contributed by atoms with van der Waals surface area (Å²) < 4.78 is 5.37. The van der Waals surface area contributed by atoms with Crippen molar-refractivity contribution in [3.63, 3.8) is 0 Å². The van der Waals surface area contributed by atoms with Gasteiger partial charge in [-0.1, -0.05) is 6.92 Å². The van der Waals surface area contributed by atoms with E-state index in [0.717, 1.165) is 26.1 Å². The first-order valence-electron chi connectivity index (χ1n) is 5.83. The normalized spacial score (nSPS) is 28.4. The first-order valence-corrected chi connectivity index (χ1v) is 5.83. The molecule has 1 fully saturated rings. The summed E-state index contributed by atoms with van der Waals surface area (Å²) in [7, 11) is 0. The van der Waals surface area contributed by atoms with E-state index in [1.54, 1.807) is 0 Å². The molecule has 0 aromatic carbocycles. The van der Waals surface area contributed by atoms with Gasteiger partial charge in [-0.2, -0.15) is 0 Å².